The molecule has 2 aromatic rings. The van der Waals surface area contributed by atoms with E-state index in [-0.39, 0.29) is 0 Å². The van der Waals surface area contributed by atoms with Gasteiger partial charge in [-0.25, -0.2) is 0 Å². The van der Waals surface area contributed by atoms with Crippen molar-refractivity contribution in [3.63, 3.8) is 0 Å². The molecular formula is C15H13NO. The first-order valence-electron chi connectivity index (χ1n) is 5.40. The van der Waals surface area contributed by atoms with Crippen LogP contribution in [0.2, 0.25) is 0 Å². The van der Waals surface area contributed by atoms with E-state index >= 15 is 0 Å². The van der Waals surface area contributed by atoms with Gasteiger partial charge in [-0.2, -0.15) is 5.26 Å². The second-order valence-electron chi connectivity index (χ2n) is 3.84. The Bertz CT molecular complexity index is 582. The third-order valence-corrected chi connectivity index (χ3v) is 2.75. The highest BCUT2D eigenvalue weighted by atomic mass is 16.5. The fourth-order valence-corrected chi connectivity index (χ4v) is 1.92. The molecule has 17 heavy (non-hydrogen) atoms. The molecule has 0 aromatic heterocycles. The minimum atomic E-state index is 0.693. The maximum atomic E-state index is 9.15. The van der Waals surface area contributed by atoms with Gasteiger partial charge in [0.2, 0.25) is 0 Å². The molecule has 2 aromatic carbocycles. The number of rotatable bonds is 2. The van der Waals surface area contributed by atoms with E-state index in [1.165, 1.54) is 0 Å². The summed E-state index contributed by atoms with van der Waals surface area (Å²) in [7, 11) is 1.64. The van der Waals surface area contributed by atoms with Crippen LogP contribution in [0.25, 0.3) is 11.1 Å². The molecule has 2 nitrogen and oxygen atoms in total. The summed E-state index contributed by atoms with van der Waals surface area (Å²) in [6, 6.07) is 15.7. The van der Waals surface area contributed by atoms with Crippen molar-refractivity contribution in [3.8, 4) is 22.9 Å². The second kappa shape index (κ2) is 4.71. The molecule has 0 aliphatic carbocycles. The van der Waals surface area contributed by atoms with Gasteiger partial charge in [-0.1, -0.05) is 24.3 Å². The molecule has 0 aliphatic rings. The Morgan fingerprint density at radius 3 is 2.59 bits per heavy atom. The summed E-state index contributed by atoms with van der Waals surface area (Å²) in [6.45, 7) is 2.01. The summed E-state index contributed by atoms with van der Waals surface area (Å²) >= 11 is 0. The summed E-state index contributed by atoms with van der Waals surface area (Å²) in [5.74, 6) is 0.801. The maximum Gasteiger partial charge on any atom is 0.119 e. The van der Waals surface area contributed by atoms with Gasteiger partial charge in [0.25, 0.3) is 0 Å². The van der Waals surface area contributed by atoms with E-state index in [1.54, 1.807) is 7.11 Å². The zero-order chi connectivity index (χ0) is 12.3. The van der Waals surface area contributed by atoms with Gasteiger partial charge >= 0.3 is 0 Å². The molecule has 0 N–H and O–H groups in total. The molecule has 0 spiro atoms. The standard InChI is InChI=1S/C15H13NO/c1-11-5-3-7-13(10-16)15(11)12-6-4-8-14(9-12)17-2/h3-9H,1-2H3. The number of aryl methyl sites for hydroxylation is 1. The molecule has 2 rings (SSSR count). The number of benzene rings is 2. The molecule has 0 amide bonds. The Labute approximate surface area is 101 Å². The summed E-state index contributed by atoms with van der Waals surface area (Å²) < 4.78 is 5.21. The molecule has 0 saturated carbocycles. The first kappa shape index (κ1) is 11.2. The fraction of sp³-hybridized carbons (Fsp3) is 0.133. The smallest absolute Gasteiger partial charge is 0.119 e. The van der Waals surface area contributed by atoms with Crippen molar-refractivity contribution in [2.75, 3.05) is 7.11 Å². The quantitative estimate of drug-likeness (QED) is 0.780. The Morgan fingerprint density at radius 1 is 1.12 bits per heavy atom. The van der Waals surface area contributed by atoms with Gasteiger partial charge in [-0.3, -0.25) is 0 Å². The van der Waals surface area contributed by atoms with E-state index in [0.717, 1.165) is 22.4 Å². The Balaban J connectivity index is 2.64. The van der Waals surface area contributed by atoms with Crippen molar-refractivity contribution in [1.82, 2.24) is 0 Å². The first-order valence-corrected chi connectivity index (χ1v) is 5.40. The predicted octanol–water partition coefficient (Wildman–Crippen LogP) is 3.54. The van der Waals surface area contributed by atoms with Crippen molar-refractivity contribution in [1.29, 1.82) is 5.26 Å². The van der Waals surface area contributed by atoms with Gasteiger partial charge in [0.15, 0.2) is 0 Å². The van der Waals surface area contributed by atoms with Crippen LogP contribution in [0.15, 0.2) is 42.5 Å². The lowest BCUT2D eigenvalue weighted by Gasteiger charge is -2.09. The predicted molar refractivity (Wildman–Crippen MR) is 67.9 cm³/mol. The zero-order valence-electron chi connectivity index (χ0n) is 9.90. The topological polar surface area (TPSA) is 33.0 Å². The molecule has 0 bridgehead atoms. The van der Waals surface area contributed by atoms with Gasteiger partial charge in [0, 0.05) is 5.56 Å². The van der Waals surface area contributed by atoms with Crippen LogP contribution in [0, 0.1) is 18.3 Å². The number of nitriles is 1. The maximum absolute atomic E-state index is 9.15. The van der Waals surface area contributed by atoms with Crippen LogP contribution < -0.4 is 4.74 Å². The van der Waals surface area contributed by atoms with Gasteiger partial charge in [0.05, 0.1) is 18.7 Å². The van der Waals surface area contributed by atoms with Crippen LogP contribution in [0.4, 0.5) is 0 Å². The van der Waals surface area contributed by atoms with Crippen LogP contribution in [-0.2, 0) is 0 Å². The molecule has 0 saturated heterocycles. The van der Waals surface area contributed by atoms with E-state index in [4.69, 9.17) is 10.00 Å². The number of hydrogen-bond donors (Lipinski definition) is 0. The zero-order valence-corrected chi connectivity index (χ0v) is 9.90. The Hall–Kier alpha value is -2.27. The van der Waals surface area contributed by atoms with E-state index in [1.807, 2.05) is 49.4 Å². The molecule has 0 fully saturated rings. The van der Waals surface area contributed by atoms with Crippen LogP contribution in [0.5, 0.6) is 5.75 Å². The number of hydrogen-bond acceptors (Lipinski definition) is 2. The number of ether oxygens (including phenoxy) is 1. The highest BCUT2D eigenvalue weighted by Crippen LogP contribution is 2.29. The molecule has 0 radical (unpaired) electrons. The van der Waals surface area contributed by atoms with E-state index in [2.05, 4.69) is 6.07 Å². The van der Waals surface area contributed by atoms with Crippen LogP contribution >= 0.6 is 0 Å². The summed E-state index contributed by atoms with van der Waals surface area (Å²) in [6.07, 6.45) is 0. The molecule has 0 heterocycles. The highest BCUT2D eigenvalue weighted by molar-refractivity contribution is 5.74. The summed E-state index contributed by atoms with van der Waals surface area (Å²) in [4.78, 5) is 0. The van der Waals surface area contributed by atoms with Crippen LogP contribution in [0.3, 0.4) is 0 Å². The third-order valence-electron chi connectivity index (χ3n) is 2.75. The van der Waals surface area contributed by atoms with Crippen molar-refractivity contribution in [3.05, 3.63) is 53.6 Å². The Morgan fingerprint density at radius 2 is 1.88 bits per heavy atom. The van der Waals surface area contributed by atoms with E-state index in [9.17, 15) is 0 Å². The normalized spacial score (nSPS) is 9.71. The average Bonchev–Trinajstić information content (AvgIpc) is 2.38. The van der Waals surface area contributed by atoms with Crippen LogP contribution in [-0.4, -0.2) is 7.11 Å². The lowest BCUT2D eigenvalue weighted by molar-refractivity contribution is 0.415. The van der Waals surface area contributed by atoms with Gasteiger partial charge < -0.3 is 4.74 Å². The minimum Gasteiger partial charge on any atom is -0.497 e. The second-order valence-corrected chi connectivity index (χ2v) is 3.84. The minimum absolute atomic E-state index is 0.693. The molecule has 0 aliphatic heterocycles. The van der Waals surface area contributed by atoms with E-state index in [0.29, 0.717) is 5.56 Å². The summed E-state index contributed by atoms with van der Waals surface area (Å²) in [5, 5.41) is 9.15. The van der Waals surface area contributed by atoms with Gasteiger partial charge in [-0.15, -0.1) is 0 Å². The highest BCUT2D eigenvalue weighted by Gasteiger charge is 2.08. The summed E-state index contributed by atoms with van der Waals surface area (Å²) in [5.41, 5.74) is 3.78. The molecule has 0 unspecified atom stereocenters. The average molecular weight is 223 g/mol. The van der Waals surface area contributed by atoms with E-state index < -0.39 is 0 Å². The molecule has 2 heteroatoms. The van der Waals surface area contributed by atoms with Crippen molar-refractivity contribution >= 4 is 0 Å². The number of methoxy groups -OCH3 is 1. The van der Waals surface area contributed by atoms with Crippen molar-refractivity contribution < 1.29 is 4.74 Å². The number of nitrogens with zero attached hydrogens (tertiary/aromatic N) is 1. The third kappa shape index (κ3) is 2.14. The SMILES string of the molecule is COc1cccc(-c2c(C)cccc2C#N)c1. The molecule has 0 atom stereocenters. The first-order chi connectivity index (χ1) is 8.26. The van der Waals surface area contributed by atoms with Crippen molar-refractivity contribution in [2.24, 2.45) is 0 Å². The van der Waals surface area contributed by atoms with Gasteiger partial charge in [0.1, 0.15) is 5.75 Å². The molecular weight excluding hydrogens is 210 g/mol. The Kier molecular flexibility index (Phi) is 3.11. The monoisotopic (exact) mass is 223 g/mol. The van der Waals surface area contributed by atoms with Crippen molar-refractivity contribution in [2.45, 2.75) is 6.92 Å². The van der Waals surface area contributed by atoms with Crippen LogP contribution in [0.1, 0.15) is 11.1 Å². The molecule has 84 valence electrons. The van der Waals surface area contributed by atoms with Gasteiger partial charge in [-0.05, 0) is 36.2 Å². The largest absolute Gasteiger partial charge is 0.497 e. The lowest BCUT2D eigenvalue weighted by atomic mass is 9.95. The lowest BCUT2D eigenvalue weighted by Crippen LogP contribution is -1.89. The fourth-order valence-electron chi connectivity index (χ4n) is 1.92.